The van der Waals surface area contributed by atoms with Gasteiger partial charge < -0.3 is 14.6 Å². The SMILES string of the molecule is CCC(CSC)n1cncc1CNC(=O)OC(C)(C)C. The van der Waals surface area contributed by atoms with E-state index in [9.17, 15) is 4.79 Å². The second-order valence-corrected chi connectivity index (χ2v) is 6.58. The largest absolute Gasteiger partial charge is 0.444 e. The predicted octanol–water partition coefficient (Wildman–Crippen LogP) is 3.22. The van der Waals surface area contributed by atoms with Crippen LogP contribution in [-0.2, 0) is 11.3 Å². The zero-order valence-corrected chi connectivity index (χ0v) is 13.8. The maximum Gasteiger partial charge on any atom is 0.407 e. The van der Waals surface area contributed by atoms with Crippen LogP contribution in [0.2, 0.25) is 0 Å². The molecule has 5 nitrogen and oxygen atoms in total. The van der Waals surface area contributed by atoms with Crippen LogP contribution in [-0.4, -0.2) is 33.3 Å². The molecule has 1 aromatic rings. The highest BCUT2D eigenvalue weighted by Gasteiger charge is 2.17. The molecule has 1 unspecified atom stereocenters. The minimum atomic E-state index is -0.477. The maximum absolute atomic E-state index is 11.7. The lowest BCUT2D eigenvalue weighted by Crippen LogP contribution is -2.32. The van der Waals surface area contributed by atoms with Gasteiger partial charge in [-0.25, -0.2) is 9.78 Å². The minimum Gasteiger partial charge on any atom is -0.444 e. The van der Waals surface area contributed by atoms with Gasteiger partial charge in [0, 0.05) is 18.0 Å². The molecule has 6 heteroatoms. The Balaban J connectivity index is 2.61. The number of hydrogen-bond acceptors (Lipinski definition) is 4. The second-order valence-electron chi connectivity index (χ2n) is 5.67. The molecule has 1 amide bonds. The van der Waals surface area contributed by atoms with Crippen LogP contribution < -0.4 is 5.32 Å². The summed E-state index contributed by atoms with van der Waals surface area (Å²) in [6.07, 6.45) is 6.36. The molecule has 1 N–H and O–H groups in total. The van der Waals surface area contributed by atoms with Gasteiger partial charge in [0.25, 0.3) is 0 Å². The summed E-state index contributed by atoms with van der Waals surface area (Å²) in [5.74, 6) is 1.03. The summed E-state index contributed by atoms with van der Waals surface area (Å²) in [4.78, 5) is 15.9. The second kappa shape index (κ2) is 7.57. The number of alkyl carbamates (subject to hydrolysis) is 1. The van der Waals surface area contributed by atoms with Crippen LogP contribution in [0.5, 0.6) is 0 Å². The molecule has 0 radical (unpaired) electrons. The molecule has 1 rings (SSSR count). The number of amides is 1. The number of hydrogen-bond donors (Lipinski definition) is 1. The minimum absolute atomic E-state index is 0.400. The van der Waals surface area contributed by atoms with Crippen molar-refractivity contribution in [1.29, 1.82) is 0 Å². The molecule has 1 heterocycles. The number of rotatable bonds is 6. The van der Waals surface area contributed by atoms with Crippen LogP contribution in [0, 0.1) is 0 Å². The summed E-state index contributed by atoms with van der Waals surface area (Å²) in [5, 5.41) is 2.77. The Labute approximate surface area is 125 Å². The van der Waals surface area contributed by atoms with E-state index in [1.807, 2.05) is 38.9 Å². The standard InChI is InChI=1S/C14H25N3O2S/c1-6-11(9-20-5)17-10-15-7-12(17)8-16-13(18)19-14(2,3)4/h7,10-11H,6,8-9H2,1-5H3,(H,16,18). The zero-order chi connectivity index (χ0) is 15.2. The first-order valence-corrected chi connectivity index (χ1v) is 8.23. The molecule has 0 saturated heterocycles. The fourth-order valence-corrected chi connectivity index (χ4v) is 2.64. The lowest BCUT2D eigenvalue weighted by molar-refractivity contribution is 0.0522. The normalized spacial score (nSPS) is 13.1. The monoisotopic (exact) mass is 299 g/mol. The molecule has 0 aliphatic rings. The number of thioether (sulfide) groups is 1. The van der Waals surface area contributed by atoms with E-state index >= 15 is 0 Å². The molecule has 0 spiro atoms. The maximum atomic E-state index is 11.7. The molecule has 1 aromatic heterocycles. The average molecular weight is 299 g/mol. The lowest BCUT2D eigenvalue weighted by Gasteiger charge is -2.21. The third kappa shape index (κ3) is 5.45. The Hall–Kier alpha value is -1.17. The molecule has 20 heavy (non-hydrogen) atoms. The van der Waals surface area contributed by atoms with Crippen LogP contribution in [0.4, 0.5) is 4.79 Å². The van der Waals surface area contributed by atoms with Crippen LogP contribution in [0.15, 0.2) is 12.5 Å². The molecule has 114 valence electrons. The number of nitrogens with zero attached hydrogens (tertiary/aromatic N) is 2. The molecule has 0 saturated carbocycles. The number of aromatic nitrogens is 2. The molecule has 0 fully saturated rings. The Morgan fingerprint density at radius 1 is 1.55 bits per heavy atom. The van der Waals surface area contributed by atoms with Crippen molar-refractivity contribution in [3.8, 4) is 0 Å². The molecule has 0 aromatic carbocycles. The Morgan fingerprint density at radius 2 is 2.25 bits per heavy atom. The highest BCUT2D eigenvalue weighted by atomic mass is 32.2. The van der Waals surface area contributed by atoms with E-state index < -0.39 is 11.7 Å². The van der Waals surface area contributed by atoms with Crippen LogP contribution in [0.3, 0.4) is 0 Å². The average Bonchev–Trinajstić information content (AvgIpc) is 2.79. The van der Waals surface area contributed by atoms with E-state index in [0.717, 1.165) is 17.9 Å². The quantitative estimate of drug-likeness (QED) is 0.876. The number of carbonyl (C=O) groups is 1. The first kappa shape index (κ1) is 16.9. The first-order valence-electron chi connectivity index (χ1n) is 6.84. The van der Waals surface area contributed by atoms with Gasteiger partial charge in [0.1, 0.15) is 5.60 Å². The summed E-state index contributed by atoms with van der Waals surface area (Å²) in [7, 11) is 0. The van der Waals surface area contributed by atoms with Crippen molar-refractivity contribution in [2.45, 2.75) is 52.3 Å². The van der Waals surface area contributed by atoms with Crippen molar-refractivity contribution in [2.24, 2.45) is 0 Å². The van der Waals surface area contributed by atoms with E-state index in [0.29, 0.717) is 12.6 Å². The van der Waals surface area contributed by atoms with Crippen molar-refractivity contribution >= 4 is 17.9 Å². The van der Waals surface area contributed by atoms with Gasteiger partial charge in [-0.15, -0.1) is 0 Å². The van der Waals surface area contributed by atoms with Crippen LogP contribution in [0.1, 0.15) is 45.9 Å². The highest BCUT2D eigenvalue weighted by Crippen LogP contribution is 2.18. The van der Waals surface area contributed by atoms with Gasteiger partial charge in [-0.1, -0.05) is 6.92 Å². The Morgan fingerprint density at radius 3 is 2.80 bits per heavy atom. The number of nitrogens with one attached hydrogen (secondary N) is 1. The van der Waals surface area contributed by atoms with Gasteiger partial charge in [0.05, 0.1) is 18.6 Å². The van der Waals surface area contributed by atoms with Crippen LogP contribution >= 0.6 is 11.8 Å². The fraction of sp³-hybridized carbons (Fsp3) is 0.714. The van der Waals surface area contributed by atoms with Gasteiger partial charge in [-0.05, 0) is 33.4 Å². The molecule has 0 aliphatic carbocycles. The number of ether oxygens (including phenoxy) is 1. The smallest absolute Gasteiger partial charge is 0.407 e. The van der Waals surface area contributed by atoms with E-state index in [4.69, 9.17) is 4.74 Å². The van der Waals surface area contributed by atoms with Crippen molar-refractivity contribution in [3.05, 3.63) is 18.2 Å². The van der Waals surface area contributed by atoms with Gasteiger partial charge in [-0.3, -0.25) is 0 Å². The van der Waals surface area contributed by atoms with E-state index in [1.54, 1.807) is 6.20 Å². The summed E-state index contributed by atoms with van der Waals surface area (Å²) in [6, 6.07) is 0.405. The van der Waals surface area contributed by atoms with Crippen molar-refractivity contribution in [2.75, 3.05) is 12.0 Å². The Kier molecular flexibility index (Phi) is 6.39. The van der Waals surface area contributed by atoms with Crippen molar-refractivity contribution < 1.29 is 9.53 Å². The van der Waals surface area contributed by atoms with E-state index in [2.05, 4.69) is 28.0 Å². The third-order valence-corrected chi connectivity index (χ3v) is 3.50. The predicted molar refractivity (Wildman–Crippen MR) is 83.0 cm³/mol. The van der Waals surface area contributed by atoms with E-state index in [-0.39, 0.29) is 0 Å². The lowest BCUT2D eigenvalue weighted by atomic mass is 10.2. The molecule has 1 atom stereocenters. The number of carbonyl (C=O) groups excluding carboxylic acids is 1. The van der Waals surface area contributed by atoms with Crippen molar-refractivity contribution in [1.82, 2.24) is 14.9 Å². The molecular formula is C14H25N3O2S. The summed E-state index contributed by atoms with van der Waals surface area (Å²) >= 11 is 1.81. The topological polar surface area (TPSA) is 56.2 Å². The van der Waals surface area contributed by atoms with E-state index in [1.165, 1.54) is 0 Å². The van der Waals surface area contributed by atoms with Gasteiger partial charge in [-0.2, -0.15) is 11.8 Å². The summed E-state index contributed by atoms with van der Waals surface area (Å²) in [6.45, 7) is 8.14. The van der Waals surface area contributed by atoms with Gasteiger partial charge in [0.2, 0.25) is 0 Å². The summed E-state index contributed by atoms with van der Waals surface area (Å²) < 4.78 is 7.36. The third-order valence-electron chi connectivity index (χ3n) is 2.78. The first-order chi connectivity index (χ1) is 9.37. The highest BCUT2D eigenvalue weighted by molar-refractivity contribution is 7.98. The fourth-order valence-electron chi connectivity index (χ4n) is 1.86. The van der Waals surface area contributed by atoms with Crippen LogP contribution in [0.25, 0.3) is 0 Å². The van der Waals surface area contributed by atoms with Gasteiger partial charge in [0.15, 0.2) is 0 Å². The van der Waals surface area contributed by atoms with Crippen molar-refractivity contribution in [3.63, 3.8) is 0 Å². The molecule has 0 bridgehead atoms. The Bertz CT molecular complexity index is 426. The molecular weight excluding hydrogens is 274 g/mol. The number of imidazole rings is 1. The van der Waals surface area contributed by atoms with Gasteiger partial charge >= 0.3 is 6.09 Å². The summed E-state index contributed by atoms with van der Waals surface area (Å²) in [5.41, 5.74) is 0.520. The zero-order valence-electron chi connectivity index (χ0n) is 13.0. The molecule has 0 aliphatic heterocycles.